The number of thioether (sulfide) groups is 2. The Balaban J connectivity index is 0.00000272. The Kier molecular flexibility index (Phi) is 13.9. The van der Waals surface area contributed by atoms with Crippen molar-refractivity contribution in [1.29, 1.82) is 0 Å². The molecular weight excluding hydrogens is 723 g/mol. The van der Waals surface area contributed by atoms with E-state index >= 15 is 0 Å². The Morgan fingerprint density at radius 3 is 1.58 bits per heavy atom. The molecule has 0 saturated carbocycles. The minimum atomic E-state index is -0.288. The molecule has 0 aromatic heterocycles. The standard InChI is InChI=1S/C22H19Br2FN4S2.2BrH/c23-16-2-7-19(8-3-16)28-21(26)30-12-14-1-6-18(25)11-15(14)13-31-22(27)29-20-9-4-17(24)5-10-20;;/h1-11H,12-13H2,(H2,26,28)(H2,27,29);2*1H. The second-order valence-corrected chi connectivity index (χ2v) is 10.2. The number of aliphatic imine (C=N–C) groups is 2. The molecule has 0 spiro atoms. The zero-order valence-electron chi connectivity index (χ0n) is 17.1. The summed E-state index contributed by atoms with van der Waals surface area (Å²) in [6.07, 6.45) is 0. The lowest BCUT2D eigenvalue weighted by atomic mass is 10.1. The number of amidine groups is 2. The Morgan fingerprint density at radius 1 is 0.697 bits per heavy atom. The third kappa shape index (κ3) is 10.5. The highest BCUT2D eigenvalue weighted by atomic mass is 79.9. The fourth-order valence-corrected chi connectivity index (χ4v) is 4.55. The van der Waals surface area contributed by atoms with Crippen LogP contribution in [0.5, 0.6) is 0 Å². The summed E-state index contributed by atoms with van der Waals surface area (Å²) in [4.78, 5) is 8.79. The van der Waals surface area contributed by atoms with Crippen molar-refractivity contribution in [2.24, 2.45) is 21.5 Å². The van der Waals surface area contributed by atoms with Crippen molar-refractivity contribution < 1.29 is 4.39 Å². The van der Waals surface area contributed by atoms with Crippen molar-refractivity contribution in [2.45, 2.75) is 11.5 Å². The second kappa shape index (κ2) is 15.2. The zero-order chi connectivity index (χ0) is 22.2. The van der Waals surface area contributed by atoms with Gasteiger partial charge in [0.05, 0.1) is 11.4 Å². The lowest BCUT2D eigenvalue weighted by Crippen LogP contribution is -2.08. The van der Waals surface area contributed by atoms with Crippen LogP contribution in [0.25, 0.3) is 0 Å². The van der Waals surface area contributed by atoms with Gasteiger partial charge in [0.25, 0.3) is 0 Å². The van der Waals surface area contributed by atoms with Gasteiger partial charge in [0.2, 0.25) is 0 Å². The number of hydrogen-bond acceptors (Lipinski definition) is 4. The molecule has 0 aliphatic rings. The lowest BCUT2D eigenvalue weighted by Gasteiger charge is -2.10. The smallest absolute Gasteiger partial charge is 0.159 e. The molecule has 0 fully saturated rings. The third-order valence-corrected chi connectivity index (χ3v) is 6.79. The molecule has 33 heavy (non-hydrogen) atoms. The molecule has 0 radical (unpaired) electrons. The molecule has 3 aromatic rings. The van der Waals surface area contributed by atoms with E-state index in [1.165, 1.54) is 35.7 Å². The van der Waals surface area contributed by atoms with E-state index in [1.807, 2.05) is 48.5 Å². The highest BCUT2D eigenvalue weighted by Crippen LogP contribution is 2.25. The van der Waals surface area contributed by atoms with E-state index in [-0.39, 0.29) is 39.8 Å². The lowest BCUT2D eigenvalue weighted by molar-refractivity contribution is 0.626. The van der Waals surface area contributed by atoms with Crippen molar-refractivity contribution in [3.63, 3.8) is 0 Å². The summed E-state index contributed by atoms with van der Waals surface area (Å²) in [6, 6.07) is 19.9. The van der Waals surface area contributed by atoms with Crippen LogP contribution < -0.4 is 11.5 Å². The van der Waals surface area contributed by atoms with Crippen LogP contribution in [-0.2, 0) is 11.5 Å². The third-order valence-electron chi connectivity index (χ3n) is 4.05. The fourth-order valence-electron chi connectivity index (χ4n) is 2.52. The second-order valence-electron chi connectivity index (χ2n) is 6.34. The van der Waals surface area contributed by atoms with Crippen molar-refractivity contribution in [1.82, 2.24) is 0 Å². The molecule has 176 valence electrons. The van der Waals surface area contributed by atoms with Gasteiger partial charge >= 0.3 is 0 Å². The predicted octanol–water partition coefficient (Wildman–Crippen LogP) is 8.27. The maximum Gasteiger partial charge on any atom is 0.159 e. The summed E-state index contributed by atoms with van der Waals surface area (Å²) in [5.41, 5.74) is 15.5. The van der Waals surface area contributed by atoms with Gasteiger partial charge in [-0.05, 0) is 71.8 Å². The van der Waals surface area contributed by atoms with Crippen LogP contribution in [0.15, 0.2) is 85.7 Å². The molecule has 0 aliphatic heterocycles. The minimum absolute atomic E-state index is 0. The largest absolute Gasteiger partial charge is 0.378 e. The van der Waals surface area contributed by atoms with E-state index in [1.54, 1.807) is 6.07 Å². The normalized spacial score (nSPS) is 11.5. The predicted molar refractivity (Wildman–Crippen MR) is 160 cm³/mol. The zero-order valence-corrected chi connectivity index (χ0v) is 25.3. The first kappa shape index (κ1) is 30.2. The topological polar surface area (TPSA) is 76.8 Å². The van der Waals surface area contributed by atoms with E-state index in [0.29, 0.717) is 21.8 Å². The van der Waals surface area contributed by atoms with Gasteiger partial charge in [0.15, 0.2) is 10.3 Å². The molecule has 0 bridgehead atoms. The van der Waals surface area contributed by atoms with Gasteiger partial charge in [-0.25, -0.2) is 14.4 Å². The van der Waals surface area contributed by atoms with Gasteiger partial charge in [-0.1, -0.05) is 61.5 Å². The first-order chi connectivity index (χ1) is 14.9. The van der Waals surface area contributed by atoms with Crippen LogP contribution in [0, 0.1) is 5.82 Å². The molecule has 0 saturated heterocycles. The van der Waals surface area contributed by atoms with Crippen LogP contribution >= 0.6 is 89.3 Å². The van der Waals surface area contributed by atoms with Crippen LogP contribution in [0.1, 0.15) is 11.1 Å². The number of rotatable bonds is 6. The van der Waals surface area contributed by atoms with Crippen molar-refractivity contribution in [3.8, 4) is 0 Å². The highest BCUT2D eigenvalue weighted by molar-refractivity contribution is 9.10. The number of benzene rings is 3. The number of halogens is 5. The first-order valence-electron chi connectivity index (χ1n) is 9.11. The summed E-state index contributed by atoms with van der Waals surface area (Å²) in [7, 11) is 0. The van der Waals surface area contributed by atoms with Crippen LogP contribution in [0.4, 0.5) is 15.8 Å². The summed E-state index contributed by atoms with van der Waals surface area (Å²) in [6.45, 7) is 0. The monoisotopic (exact) mass is 740 g/mol. The average Bonchev–Trinajstić information content (AvgIpc) is 2.75. The molecule has 0 amide bonds. The number of hydrogen-bond donors (Lipinski definition) is 2. The minimum Gasteiger partial charge on any atom is -0.378 e. The van der Waals surface area contributed by atoms with Crippen LogP contribution in [0.3, 0.4) is 0 Å². The summed E-state index contributed by atoms with van der Waals surface area (Å²) in [5.74, 6) is 0.791. The highest BCUT2D eigenvalue weighted by Gasteiger charge is 2.08. The molecule has 11 heteroatoms. The van der Waals surface area contributed by atoms with Crippen LogP contribution in [0.2, 0.25) is 0 Å². The molecule has 4 N–H and O–H groups in total. The van der Waals surface area contributed by atoms with E-state index in [0.717, 1.165) is 31.4 Å². The van der Waals surface area contributed by atoms with Gasteiger partial charge < -0.3 is 11.5 Å². The number of nitrogens with zero attached hydrogens (tertiary/aromatic N) is 2. The molecule has 0 unspecified atom stereocenters. The quantitative estimate of drug-likeness (QED) is 0.197. The average molecular weight is 744 g/mol. The van der Waals surface area contributed by atoms with Gasteiger partial charge in [-0.15, -0.1) is 34.0 Å². The van der Waals surface area contributed by atoms with Crippen LogP contribution in [-0.4, -0.2) is 10.3 Å². The molecule has 0 aliphatic carbocycles. The molecule has 0 atom stereocenters. The Bertz CT molecular complexity index is 1090. The number of nitrogens with two attached hydrogens (primary N) is 2. The fraction of sp³-hybridized carbons (Fsp3) is 0.0909. The Morgan fingerprint density at radius 2 is 1.12 bits per heavy atom. The van der Waals surface area contributed by atoms with Crippen molar-refractivity contribution in [2.75, 3.05) is 0 Å². The van der Waals surface area contributed by atoms with Gasteiger partial charge in [-0.3, -0.25) is 0 Å². The Labute approximate surface area is 239 Å². The Hall–Kier alpha value is -0.850. The molecule has 3 rings (SSSR count). The molecule has 4 nitrogen and oxygen atoms in total. The van der Waals surface area contributed by atoms with Gasteiger partial charge in [0.1, 0.15) is 5.82 Å². The molecule has 3 aromatic carbocycles. The van der Waals surface area contributed by atoms with Gasteiger partial charge in [-0.2, -0.15) is 0 Å². The maximum absolute atomic E-state index is 13.8. The SMILES string of the molecule is Br.Br.NC(=Nc1ccc(Br)cc1)SCc1ccc(F)cc1CSC(N)=Nc1ccc(Br)cc1. The molecule has 0 heterocycles. The van der Waals surface area contributed by atoms with Crippen molar-refractivity contribution in [3.05, 3.63) is 92.6 Å². The first-order valence-corrected chi connectivity index (χ1v) is 12.7. The van der Waals surface area contributed by atoms with E-state index in [9.17, 15) is 4.39 Å². The maximum atomic E-state index is 13.8. The van der Waals surface area contributed by atoms with E-state index < -0.39 is 0 Å². The van der Waals surface area contributed by atoms with E-state index in [4.69, 9.17) is 11.5 Å². The van der Waals surface area contributed by atoms with Gasteiger partial charge in [0, 0.05) is 20.5 Å². The molecular formula is C22H21Br4FN4S2. The van der Waals surface area contributed by atoms with E-state index in [2.05, 4.69) is 41.8 Å². The summed E-state index contributed by atoms with van der Waals surface area (Å²) in [5, 5.41) is 0.864. The summed E-state index contributed by atoms with van der Waals surface area (Å²) < 4.78 is 15.8. The summed E-state index contributed by atoms with van der Waals surface area (Å²) >= 11 is 9.56. The van der Waals surface area contributed by atoms with Crippen molar-refractivity contribution >= 4 is 111 Å².